The van der Waals surface area contributed by atoms with Crippen LogP contribution in [0.4, 0.5) is 5.69 Å². The van der Waals surface area contributed by atoms with Gasteiger partial charge in [-0.25, -0.2) is 4.79 Å². The number of carbonyl (C=O) groups excluding carboxylic acids is 1. The van der Waals surface area contributed by atoms with Crippen molar-refractivity contribution in [1.82, 2.24) is 9.97 Å². The summed E-state index contributed by atoms with van der Waals surface area (Å²) in [6.07, 6.45) is 1.67. The number of hydrogen-bond donors (Lipinski definition) is 0. The van der Waals surface area contributed by atoms with Crippen LogP contribution in [0.5, 0.6) is 17.5 Å². The summed E-state index contributed by atoms with van der Waals surface area (Å²) in [6.45, 7) is 2.94. The molecule has 0 saturated carbocycles. The molecule has 2 rings (SSSR count). The Morgan fingerprint density at radius 3 is 2.68 bits per heavy atom. The Balaban J connectivity index is 2.48. The summed E-state index contributed by atoms with van der Waals surface area (Å²) in [5, 5.41) is 20.8. The number of thioether (sulfide) groups is 1. The van der Waals surface area contributed by atoms with Gasteiger partial charge in [-0.15, -0.1) is 0 Å². The molecule has 1 aromatic heterocycles. The minimum atomic E-state index is -0.761. The zero-order valence-electron chi connectivity index (χ0n) is 15.3. The lowest BCUT2D eigenvalue weighted by atomic mass is 10.1. The average molecular weight is 404 g/mol. The number of nitriles is 1. The van der Waals surface area contributed by atoms with Crippen LogP contribution in [0.25, 0.3) is 0 Å². The number of hydrogen-bond acceptors (Lipinski definition) is 10. The number of aromatic nitrogens is 2. The molecule has 11 heteroatoms. The Bertz CT molecular complexity index is 944. The molecule has 10 nitrogen and oxygen atoms in total. The maximum absolute atomic E-state index is 11.6. The second kappa shape index (κ2) is 9.52. The van der Waals surface area contributed by atoms with Gasteiger partial charge in [0.2, 0.25) is 0 Å². The molecule has 0 N–H and O–H groups in total. The summed E-state index contributed by atoms with van der Waals surface area (Å²) in [4.78, 5) is 30.3. The van der Waals surface area contributed by atoms with E-state index >= 15 is 0 Å². The van der Waals surface area contributed by atoms with Gasteiger partial charge in [0.15, 0.2) is 11.8 Å². The van der Waals surface area contributed by atoms with Gasteiger partial charge in [-0.2, -0.15) is 15.2 Å². The SMILES string of the molecule is CCOC(=O)COc1nc(SC)nc(Oc2cc(C#N)ccc2C)c1[N+](=O)[O-]. The van der Waals surface area contributed by atoms with Crippen LogP contribution in [-0.2, 0) is 9.53 Å². The van der Waals surface area contributed by atoms with Gasteiger partial charge in [-0.05, 0) is 37.8 Å². The molecule has 0 aliphatic heterocycles. The van der Waals surface area contributed by atoms with Crippen molar-refractivity contribution in [2.45, 2.75) is 19.0 Å². The largest absolute Gasteiger partial charge is 0.463 e. The number of aryl methyl sites for hydroxylation is 1. The molecule has 0 aliphatic carbocycles. The van der Waals surface area contributed by atoms with Crippen molar-refractivity contribution in [1.29, 1.82) is 5.26 Å². The summed E-state index contributed by atoms with van der Waals surface area (Å²) < 4.78 is 15.6. The van der Waals surface area contributed by atoms with Crippen LogP contribution in [0.3, 0.4) is 0 Å². The van der Waals surface area contributed by atoms with E-state index in [2.05, 4.69) is 9.97 Å². The van der Waals surface area contributed by atoms with Crippen LogP contribution in [0.1, 0.15) is 18.1 Å². The maximum Gasteiger partial charge on any atom is 0.392 e. The molecule has 0 bridgehead atoms. The van der Waals surface area contributed by atoms with E-state index in [1.807, 2.05) is 6.07 Å². The first-order chi connectivity index (χ1) is 13.4. The van der Waals surface area contributed by atoms with Crippen molar-refractivity contribution in [2.24, 2.45) is 0 Å². The van der Waals surface area contributed by atoms with E-state index in [1.165, 1.54) is 6.07 Å². The van der Waals surface area contributed by atoms with E-state index in [0.717, 1.165) is 11.8 Å². The first kappa shape index (κ1) is 20.9. The van der Waals surface area contributed by atoms with Gasteiger partial charge in [0.05, 0.1) is 23.2 Å². The number of benzene rings is 1. The molecule has 0 aliphatic rings. The van der Waals surface area contributed by atoms with Crippen molar-refractivity contribution in [3.63, 3.8) is 0 Å². The molecule has 0 radical (unpaired) electrons. The van der Waals surface area contributed by atoms with E-state index in [-0.39, 0.29) is 23.4 Å². The van der Waals surface area contributed by atoms with Crippen molar-refractivity contribution in [3.05, 3.63) is 39.4 Å². The highest BCUT2D eigenvalue weighted by atomic mass is 32.2. The molecule has 146 valence electrons. The van der Waals surface area contributed by atoms with Gasteiger partial charge in [0, 0.05) is 0 Å². The van der Waals surface area contributed by atoms with E-state index in [1.54, 1.807) is 32.2 Å². The fourth-order valence-corrected chi connectivity index (χ4v) is 2.38. The third kappa shape index (κ3) is 5.08. The highest BCUT2D eigenvalue weighted by molar-refractivity contribution is 7.98. The highest BCUT2D eigenvalue weighted by Gasteiger charge is 2.29. The monoisotopic (exact) mass is 404 g/mol. The van der Waals surface area contributed by atoms with E-state index in [9.17, 15) is 14.9 Å². The predicted octanol–water partition coefficient (Wildman–Crippen LogP) is 3.02. The molecule has 2 aromatic rings. The van der Waals surface area contributed by atoms with Crippen molar-refractivity contribution >= 4 is 23.4 Å². The van der Waals surface area contributed by atoms with E-state index < -0.39 is 29.1 Å². The fraction of sp³-hybridized carbons (Fsp3) is 0.294. The zero-order chi connectivity index (χ0) is 20.7. The molecule has 0 fully saturated rings. The molecule has 0 saturated heterocycles. The Morgan fingerprint density at radius 1 is 1.36 bits per heavy atom. The quantitative estimate of drug-likeness (QED) is 0.212. The summed E-state index contributed by atoms with van der Waals surface area (Å²) in [6, 6.07) is 6.66. The molecule has 1 aromatic carbocycles. The number of carbonyl (C=O) groups is 1. The minimum Gasteiger partial charge on any atom is -0.463 e. The number of nitrogens with zero attached hydrogens (tertiary/aromatic N) is 4. The number of ether oxygens (including phenoxy) is 3. The van der Waals surface area contributed by atoms with Gasteiger partial charge in [-0.1, -0.05) is 17.8 Å². The Labute approximate surface area is 164 Å². The lowest BCUT2D eigenvalue weighted by Crippen LogP contribution is -2.16. The van der Waals surface area contributed by atoms with Crippen LogP contribution in [0, 0.1) is 28.4 Å². The Morgan fingerprint density at radius 2 is 2.07 bits per heavy atom. The first-order valence-corrected chi connectivity index (χ1v) is 9.19. The van der Waals surface area contributed by atoms with Gasteiger partial charge in [-0.3, -0.25) is 10.1 Å². The smallest absolute Gasteiger partial charge is 0.392 e. The second-order valence-corrected chi connectivity index (χ2v) is 5.99. The maximum atomic E-state index is 11.6. The molecule has 28 heavy (non-hydrogen) atoms. The van der Waals surface area contributed by atoms with Crippen LogP contribution < -0.4 is 9.47 Å². The highest BCUT2D eigenvalue weighted by Crippen LogP contribution is 2.38. The first-order valence-electron chi connectivity index (χ1n) is 7.97. The van der Waals surface area contributed by atoms with Gasteiger partial charge < -0.3 is 14.2 Å². The summed E-state index contributed by atoms with van der Waals surface area (Å²) in [5.41, 5.74) is 0.330. The average Bonchev–Trinajstić information content (AvgIpc) is 2.67. The standard InChI is InChI=1S/C17H16N4O6S/c1-4-25-13(22)9-26-15-14(21(23)24)16(20-17(19-15)28-3)27-12-7-11(8-18)6-5-10(12)2/h5-7H,4,9H2,1-3H3. The number of nitro groups is 1. The molecule has 1 heterocycles. The normalized spacial score (nSPS) is 10.1. The molecule has 0 atom stereocenters. The Kier molecular flexibility index (Phi) is 7.11. The number of esters is 1. The van der Waals surface area contributed by atoms with Crippen molar-refractivity contribution < 1.29 is 23.9 Å². The topological polar surface area (TPSA) is 137 Å². The number of rotatable bonds is 8. The van der Waals surface area contributed by atoms with Crippen LogP contribution in [0.15, 0.2) is 23.4 Å². The lowest BCUT2D eigenvalue weighted by molar-refractivity contribution is -0.387. The van der Waals surface area contributed by atoms with Crippen molar-refractivity contribution in [2.75, 3.05) is 19.5 Å². The van der Waals surface area contributed by atoms with Gasteiger partial charge in [0.25, 0.3) is 0 Å². The van der Waals surface area contributed by atoms with E-state index in [4.69, 9.17) is 19.5 Å². The van der Waals surface area contributed by atoms with E-state index in [0.29, 0.717) is 11.1 Å². The lowest BCUT2D eigenvalue weighted by Gasteiger charge is -2.11. The second-order valence-electron chi connectivity index (χ2n) is 5.21. The third-order valence-corrected chi connectivity index (χ3v) is 3.87. The summed E-state index contributed by atoms with van der Waals surface area (Å²) in [5.74, 6) is -1.24. The van der Waals surface area contributed by atoms with Gasteiger partial charge in [0.1, 0.15) is 5.75 Å². The molecule has 0 spiro atoms. The summed E-state index contributed by atoms with van der Waals surface area (Å²) >= 11 is 1.11. The predicted molar refractivity (Wildman–Crippen MR) is 98.6 cm³/mol. The molecule has 0 amide bonds. The third-order valence-electron chi connectivity index (χ3n) is 3.32. The molecule has 0 unspecified atom stereocenters. The fourth-order valence-electron chi connectivity index (χ4n) is 2.03. The Hall–Kier alpha value is -3.39. The van der Waals surface area contributed by atoms with Crippen LogP contribution in [0.2, 0.25) is 0 Å². The molecular weight excluding hydrogens is 388 g/mol. The molecular formula is C17H16N4O6S. The van der Waals surface area contributed by atoms with Gasteiger partial charge >= 0.3 is 23.4 Å². The van der Waals surface area contributed by atoms with Crippen molar-refractivity contribution in [3.8, 4) is 23.6 Å². The van der Waals surface area contributed by atoms with Crippen LogP contribution >= 0.6 is 11.8 Å². The minimum absolute atomic E-state index is 0.146. The zero-order valence-corrected chi connectivity index (χ0v) is 16.1. The summed E-state index contributed by atoms with van der Waals surface area (Å²) in [7, 11) is 0. The van der Waals surface area contributed by atoms with Crippen LogP contribution in [-0.4, -0.2) is 40.3 Å².